The monoisotopic (exact) mass is 315 g/mol. The van der Waals surface area contributed by atoms with E-state index in [1.807, 2.05) is 25.1 Å². The largest absolute Gasteiger partial charge is 0.325 e. The number of benzene rings is 1. The number of nitrogens with one attached hydrogen (secondary N) is 2. The molecule has 2 N–H and O–H groups in total. The van der Waals surface area contributed by atoms with Crippen LogP contribution in [0, 0.1) is 5.92 Å². The van der Waals surface area contributed by atoms with E-state index < -0.39 is 5.54 Å². The summed E-state index contributed by atoms with van der Waals surface area (Å²) in [5.41, 5.74) is 0.507. The van der Waals surface area contributed by atoms with Crippen molar-refractivity contribution < 1.29 is 9.59 Å². The zero-order valence-corrected chi connectivity index (χ0v) is 13.7. The fraction of sp³-hybridized carbons (Fsp3) is 0.556. The first kappa shape index (κ1) is 16.0. The molecular formula is C18H25N3O2. The zero-order valence-electron chi connectivity index (χ0n) is 13.7. The normalized spacial score (nSPS) is 25.7. The number of imide groups is 1. The molecular weight excluding hydrogens is 290 g/mol. The van der Waals surface area contributed by atoms with Crippen molar-refractivity contribution in [1.82, 2.24) is 15.5 Å². The Bertz CT molecular complexity index is 569. The van der Waals surface area contributed by atoms with E-state index in [0.717, 1.165) is 38.8 Å². The maximum Gasteiger partial charge on any atom is 0.325 e. The Labute approximate surface area is 137 Å². The van der Waals surface area contributed by atoms with Gasteiger partial charge in [-0.2, -0.15) is 0 Å². The molecule has 0 aliphatic carbocycles. The summed E-state index contributed by atoms with van der Waals surface area (Å²) in [6, 6.07) is 9.93. The Hall–Kier alpha value is -1.88. The summed E-state index contributed by atoms with van der Waals surface area (Å²) in [6.07, 6.45) is 3.54. The number of hydrogen-bond acceptors (Lipinski definition) is 3. The number of nitrogens with zero attached hydrogens (tertiary/aromatic N) is 1. The minimum Gasteiger partial charge on any atom is -0.323 e. The van der Waals surface area contributed by atoms with Crippen molar-refractivity contribution in [2.24, 2.45) is 5.92 Å². The van der Waals surface area contributed by atoms with Gasteiger partial charge in [0, 0.05) is 6.54 Å². The van der Waals surface area contributed by atoms with Gasteiger partial charge < -0.3 is 10.6 Å². The Kier molecular flexibility index (Phi) is 4.66. The fourth-order valence-electron chi connectivity index (χ4n) is 3.68. The standard InChI is InChI=1S/C18H25N3O2/c1-18(15-9-11-19-12-10-15)16(22)21(17(23)20-18)13-5-8-14-6-3-2-4-7-14/h2-4,6-7,15,19H,5,8-13H2,1H3,(H,20,23). The van der Waals surface area contributed by atoms with Crippen LogP contribution in [0.3, 0.4) is 0 Å². The topological polar surface area (TPSA) is 61.4 Å². The summed E-state index contributed by atoms with van der Waals surface area (Å²) < 4.78 is 0. The second-order valence-corrected chi connectivity index (χ2v) is 6.70. The molecule has 1 aromatic carbocycles. The molecule has 1 aromatic rings. The van der Waals surface area contributed by atoms with E-state index in [0.29, 0.717) is 6.54 Å². The van der Waals surface area contributed by atoms with Gasteiger partial charge in [-0.25, -0.2) is 4.79 Å². The van der Waals surface area contributed by atoms with Gasteiger partial charge in [-0.15, -0.1) is 0 Å². The van der Waals surface area contributed by atoms with Gasteiger partial charge >= 0.3 is 6.03 Å². The smallest absolute Gasteiger partial charge is 0.323 e. The van der Waals surface area contributed by atoms with Gasteiger partial charge in [-0.05, 0) is 57.2 Å². The van der Waals surface area contributed by atoms with Gasteiger partial charge in [0.15, 0.2) is 0 Å². The highest BCUT2D eigenvalue weighted by molar-refractivity contribution is 6.07. The van der Waals surface area contributed by atoms with Crippen LogP contribution in [0.4, 0.5) is 4.79 Å². The first-order valence-electron chi connectivity index (χ1n) is 8.50. The van der Waals surface area contributed by atoms with E-state index in [2.05, 4.69) is 22.8 Å². The fourth-order valence-corrected chi connectivity index (χ4v) is 3.68. The predicted octanol–water partition coefficient (Wildman–Crippen LogP) is 1.93. The molecule has 2 heterocycles. The van der Waals surface area contributed by atoms with E-state index in [4.69, 9.17) is 0 Å². The number of piperidine rings is 1. The van der Waals surface area contributed by atoms with Gasteiger partial charge in [0.2, 0.25) is 0 Å². The molecule has 124 valence electrons. The number of aryl methyl sites for hydroxylation is 1. The zero-order chi connectivity index (χ0) is 16.3. The SMILES string of the molecule is CC1(C2CCNCC2)NC(=O)N(CCCc2ccccc2)C1=O. The molecule has 0 saturated carbocycles. The average molecular weight is 315 g/mol. The van der Waals surface area contributed by atoms with Gasteiger partial charge in [-0.1, -0.05) is 30.3 Å². The van der Waals surface area contributed by atoms with E-state index in [-0.39, 0.29) is 17.9 Å². The number of carbonyl (C=O) groups excluding carboxylic acids is 2. The van der Waals surface area contributed by atoms with Crippen molar-refractivity contribution in [2.75, 3.05) is 19.6 Å². The first-order valence-corrected chi connectivity index (χ1v) is 8.50. The summed E-state index contributed by atoms with van der Waals surface area (Å²) in [6.45, 7) is 4.20. The summed E-state index contributed by atoms with van der Waals surface area (Å²) in [5.74, 6) is 0.168. The predicted molar refractivity (Wildman–Crippen MR) is 89.0 cm³/mol. The molecule has 5 heteroatoms. The van der Waals surface area contributed by atoms with Crippen molar-refractivity contribution in [1.29, 1.82) is 0 Å². The number of carbonyl (C=O) groups is 2. The van der Waals surface area contributed by atoms with Crippen molar-refractivity contribution in [3.8, 4) is 0 Å². The molecule has 1 unspecified atom stereocenters. The highest BCUT2D eigenvalue weighted by Gasteiger charge is 2.51. The highest BCUT2D eigenvalue weighted by atomic mass is 16.2. The molecule has 0 bridgehead atoms. The number of amides is 3. The van der Waals surface area contributed by atoms with Crippen LogP contribution in [-0.4, -0.2) is 42.0 Å². The van der Waals surface area contributed by atoms with E-state index >= 15 is 0 Å². The Morgan fingerprint density at radius 1 is 1.17 bits per heavy atom. The highest BCUT2D eigenvalue weighted by Crippen LogP contribution is 2.31. The first-order chi connectivity index (χ1) is 11.1. The second-order valence-electron chi connectivity index (χ2n) is 6.70. The van der Waals surface area contributed by atoms with E-state index in [9.17, 15) is 9.59 Å². The lowest BCUT2D eigenvalue weighted by Gasteiger charge is -2.34. The van der Waals surface area contributed by atoms with Crippen LogP contribution < -0.4 is 10.6 Å². The molecule has 23 heavy (non-hydrogen) atoms. The third kappa shape index (κ3) is 3.24. The van der Waals surface area contributed by atoms with E-state index in [1.54, 1.807) is 0 Å². The summed E-state index contributed by atoms with van der Waals surface area (Å²) in [5, 5.41) is 6.27. The van der Waals surface area contributed by atoms with Crippen LogP contribution in [0.25, 0.3) is 0 Å². The molecule has 0 spiro atoms. The molecule has 3 rings (SSSR count). The quantitative estimate of drug-likeness (QED) is 0.816. The van der Waals surface area contributed by atoms with Crippen LogP contribution in [0.2, 0.25) is 0 Å². The van der Waals surface area contributed by atoms with Crippen LogP contribution in [0.5, 0.6) is 0 Å². The third-order valence-corrected chi connectivity index (χ3v) is 5.15. The van der Waals surface area contributed by atoms with Crippen LogP contribution in [0.1, 0.15) is 31.7 Å². The molecule has 2 aliphatic heterocycles. The van der Waals surface area contributed by atoms with Crippen LogP contribution in [0.15, 0.2) is 30.3 Å². The summed E-state index contributed by atoms with van der Waals surface area (Å²) in [4.78, 5) is 26.5. The van der Waals surface area contributed by atoms with E-state index in [1.165, 1.54) is 10.5 Å². The lowest BCUT2D eigenvalue weighted by molar-refractivity contribution is -0.133. The average Bonchev–Trinajstić information content (AvgIpc) is 2.81. The molecule has 0 radical (unpaired) electrons. The molecule has 1 atom stereocenters. The minimum atomic E-state index is -0.730. The van der Waals surface area contributed by atoms with Gasteiger partial charge in [0.25, 0.3) is 5.91 Å². The minimum absolute atomic E-state index is 0.0533. The van der Waals surface area contributed by atoms with Gasteiger partial charge in [0.1, 0.15) is 5.54 Å². The lowest BCUT2D eigenvalue weighted by atomic mass is 9.79. The molecule has 0 aromatic heterocycles. The number of rotatable bonds is 5. The lowest BCUT2D eigenvalue weighted by Crippen LogP contribution is -2.53. The Morgan fingerprint density at radius 2 is 1.87 bits per heavy atom. The molecule has 3 amide bonds. The summed E-state index contributed by atoms with van der Waals surface area (Å²) in [7, 11) is 0. The maximum atomic E-state index is 12.8. The van der Waals surface area contributed by atoms with Crippen molar-refractivity contribution in [2.45, 2.75) is 38.1 Å². The van der Waals surface area contributed by atoms with Crippen molar-refractivity contribution >= 4 is 11.9 Å². The number of urea groups is 1. The van der Waals surface area contributed by atoms with Crippen LogP contribution in [-0.2, 0) is 11.2 Å². The molecule has 2 fully saturated rings. The van der Waals surface area contributed by atoms with Gasteiger partial charge in [0.05, 0.1) is 0 Å². The number of hydrogen-bond donors (Lipinski definition) is 2. The van der Waals surface area contributed by atoms with Crippen molar-refractivity contribution in [3.63, 3.8) is 0 Å². The Balaban J connectivity index is 1.60. The Morgan fingerprint density at radius 3 is 2.57 bits per heavy atom. The third-order valence-electron chi connectivity index (χ3n) is 5.15. The molecule has 5 nitrogen and oxygen atoms in total. The summed E-state index contributed by atoms with van der Waals surface area (Å²) >= 11 is 0. The molecule has 2 saturated heterocycles. The maximum absolute atomic E-state index is 12.8. The van der Waals surface area contributed by atoms with Gasteiger partial charge in [-0.3, -0.25) is 9.69 Å². The van der Waals surface area contributed by atoms with Crippen LogP contribution >= 0.6 is 0 Å². The van der Waals surface area contributed by atoms with Crippen molar-refractivity contribution in [3.05, 3.63) is 35.9 Å². The molecule has 2 aliphatic rings. The second kappa shape index (κ2) is 6.71.